The minimum Gasteiger partial charge on any atom is -0.464 e. The van der Waals surface area contributed by atoms with Crippen LogP contribution < -0.4 is 16.5 Å². The lowest BCUT2D eigenvalue weighted by molar-refractivity contribution is -0.145. The van der Waals surface area contributed by atoms with Crippen molar-refractivity contribution in [3.63, 3.8) is 0 Å². The van der Waals surface area contributed by atoms with Gasteiger partial charge in [-0.2, -0.15) is 4.98 Å². The lowest BCUT2D eigenvalue weighted by atomic mass is 9.96. The van der Waals surface area contributed by atoms with Gasteiger partial charge in [0.2, 0.25) is 0 Å². The summed E-state index contributed by atoms with van der Waals surface area (Å²) < 4.78 is 40.7. The van der Waals surface area contributed by atoms with Crippen LogP contribution in [0.25, 0.3) is 0 Å². The Kier molecular flexibility index (Phi) is 7.16. The first-order valence-electron chi connectivity index (χ1n) is 9.66. The standard InChI is InChI=1S/C17H27N4O9P/c1-10(14(22)27-8-4-7-26-3)20-31(25)28-9-11-13(30-31)17(2,24)15(29-11)21-6-5-12(18)19-16(21)23/h5-6,10-11,13,15,24H,4,7-9H2,1-3H3,(H,20,25)(H2,18,19,23)/t10-,11+,13+,15+,17+,31?/m0/s1. The minimum absolute atomic E-state index is 0.0210. The lowest BCUT2D eigenvalue weighted by Gasteiger charge is -2.36. The molecule has 1 aromatic rings. The van der Waals surface area contributed by atoms with E-state index in [1.54, 1.807) is 0 Å². The molecule has 174 valence electrons. The molecule has 3 heterocycles. The summed E-state index contributed by atoms with van der Waals surface area (Å²) in [6.07, 6.45) is -1.25. The molecule has 0 aliphatic carbocycles. The van der Waals surface area contributed by atoms with Crippen molar-refractivity contribution in [2.24, 2.45) is 0 Å². The summed E-state index contributed by atoms with van der Waals surface area (Å²) in [4.78, 5) is 27.9. The zero-order valence-electron chi connectivity index (χ0n) is 17.4. The van der Waals surface area contributed by atoms with Crippen molar-refractivity contribution in [3.05, 3.63) is 22.7 Å². The predicted molar refractivity (Wildman–Crippen MR) is 106 cm³/mol. The van der Waals surface area contributed by atoms with Crippen LogP contribution >= 0.6 is 7.75 Å². The molecule has 6 atom stereocenters. The van der Waals surface area contributed by atoms with Gasteiger partial charge < -0.3 is 25.1 Å². The van der Waals surface area contributed by atoms with Crippen LogP contribution in [0.3, 0.4) is 0 Å². The van der Waals surface area contributed by atoms with Crippen LogP contribution in [0.15, 0.2) is 17.1 Å². The fourth-order valence-electron chi connectivity index (χ4n) is 3.35. The highest BCUT2D eigenvalue weighted by Crippen LogP contribution is 2.55. The molecular weight excluding hydrogens is 435 g/mol. The number of anilines is 1. The number of nitrogens with one attached hydrogen (secondary N) is 1. The maximum atomic E-state index is 13.1. The Balaban J connectivity index is 1.68. The molecule has 2 aliphatic heterocycles. The Hall–Kier alpha value is -1.86. The van der Waals surface area contributed by atoms with Gasteiger partial charge in [0.05, 0.1) is 13.2 Å². The topological polar surface area (TPSA) is 173 Å². The number of carbonyl (C=O) groups excluding carboxylic acids is 1. The molecule has 1 aromatic heterocycles. The zero-order chi connectivity index (χ0) is 22.8. The second-order valence-electron chi connectivity index (χ2n) is 7.48. The largest absolute Gasteiger partial charge is 0.464 e. The summed E-state index contributed by atoms with van der Waals surface area (Å²) in [6, 6.07) is 0.379. The van der Waals surface area contributed by atoms with Crippen molar-refractivity contribution in [1.29, 1.82) is 0 Å². The van der Waals surface area contributed by atoms with Crippen molar-refractivity contribution in [3.8, 4) is 0 Å². The Bertz CT molecular complexity index is 908. The summed E-state index contributed by atoms with van der Waals surface area (Å²) in [7, 11) is -2.46. The SMILES string of the molecule is COCCCOC(=O)[C@H](C)NP1(=O)OC[C@H]2O[C@@H](n3ccc(N)nc3=O)[C@](C)(O)[C@@H]2O1. The summed E-state index contributed by atoms with van der Waals surface area (Å²) in [5, 5.41) is 13.6. The fraction of sp³-hybridized carbons (Fsp3) is 0.706. The summed E-state index contributed by atoms with van der Waals surface area (Å²) in [5.41, 5.74) is 3.01. The van der Waals surface area contributed by atoms with E-state index in [0.717, 1.165) is 4.57 Å². The number of aromatic nitrogens is 2. The molecule has 14 heteroatoms. The number of aliphatic hydroxyl groups is 1. The van der Waals surface area contributed by atoms with E-state index in [0.29, 0.717) is 13.0 Å². The van der Waals surface area contributed by atoms with Gasteiger partial charge in [0, 0.05) is 26.3 Å². The van der Waals surface area contributed by atoms with Gasteiger partial charge >= 0.3 is 19.4 Å². The third-order valence-electron chi connectivity index (χ3n) is 4.93. The van der Waals surface area contributed by atoms with E-state index < -0.39 is 49.5 Å². The molecular formula is C17H27N4O9P. The maximum Gasteiger partial charge on any atom is 0.406 e. The van der Waals surface area contributed by atoms with Crippen molar-refractivity contribution in [2.45, 2.75) is 50.3 Å². The number of hydrogen-bond acceptors (Lipinski definition) is 11. The van der Waals surface area contributed by atoms with E-state index >= 15 is 0 Å². The van der Waals surface area contributed by atoms with Gasteiger partial charge in [0.1, 0.15) is 29.7 Å². The smallest absolute Gasteiger partial charge is 0.406 e. The monoisotopic (exact) mass is 462 g/mol. The van der Waals surface area contributed by atoms with Crippen LogP contribution in [-0.2, 0) is 32.6 Å². The first-order chi connectivity index (χ1) is 14.6. The van der Waals surface area contributed by atoms with E-state index in [-0.39, 0.29) is 19.0 Å². The first-order valence-corrected chi connectivity index (χ1v) is 11.2. The third-order valence-corrected chi connectivity index (χ3v) is 6.62. The number of hydrogen-bond donors (Lipinski definition) is 3. The number of methoxy groups -OCH3 is 1. The molecule has 1 unspecified atom stereocenters. The average Bonchev–Trinajstić information content (AvgIpc) is 2.95. The van der Waals surface area contributed by atoms with Crippen molar-refractivity contribution >= 4 is 19.5 Å². The van der Waals surface area contributed by atoms with Crippen LogP contribution in [0.2, 0.25) is 0 Å². The number of nitrogen functional groups attached to an aromatic ring is 1. The summed E-state index contributed by atoms with van der Waals surface area (Å²) in [5.74, 6) is -0.625. The highest BCUT2D eigenvalue weighted by atomic mass is 31.2. The van der Waals surface area contributed by atoms with Crippen molar-refractivity contribution in [2.75, 3.05) is 32.7 Å². The molecule has 13 nitrogen and oxygen atoms in total. The summed E-state index contributed by atoms with van der Waals surface area (Å²) in [6.45, 7) is 3.21. The van der Waals surface area contributed by atoms with E-state index in [1.807, 2.05) is 0 Å². The number of nitrogens with zero attached hydrogens (tertiary/aromatic N) is 2. The third kappa shape index (κ3) is 5.14. The lowest BCUT2D eigenvalue weighted by Crippen LogP contribution is -2.50. The number of nitrogens with two attached hydrogens (primary N) is 1. The number of esters is 1. The van der Waals surface area contributed by atoms with Gasteiger partial charge in [-0.3, -0.25) is 18.4 Å². The quantitative estimate of drug-likeness (QED) is 0.258. The van der Waals surface area contributed by atoms with Gasteiger partial charge in [-0.15, -0.1) is 0 Å². The normalized spacial score (nSPS) is 33.6. The fourth-order valence-corrected chi connectivity index (χ4v) is 5.12. The molecule has 4 N–H and O–H groups in total. The van der Waals surface area contributed by atoms with Crippen molar-refractivity contribution < 1.29 is 37.7 Å². The van der Waals surface area contributed by atoms with Gasteiger partial charge in [-0.05, 0) is 19.9 Å². The molecule has 0 aromatic carbocycles. The predicted octanol–water partition coefficient (Wildman–Crippen LogP) is -0.445. The molecule has 3 rings (SSSR count). The van der Waals surface area contributed by atoms with E-state index in [1.165, 1.54) is 33.2 Å². The highest BCUT2D eigenvalue weighted by Gasteiger charge is 2.60. The molecule has 0 saturated carbocycles. The Morgan fingerprint density at radius 1 is 1.55 bits per heavy atom. The number of fused-ring (bicyclic) bond motifs is 1. The van der Waals surface area contributed by atoms with E-state index in [9.17, 15) is 19.3 Å². The van der Waals surface area contributed by atoms with Crippen LogP contribution in [0.4, 0.5) is 5.82 Å². The molecule has 0 bridgehead atoms. The Morgan fingerprint density at radius 3 is 2.97 bits per heavy atom. The Morgan fingerprint density at radius 2 is 2.29 bits per heavy atom. The number of rotatable bonds is 8. The molecule has 2 fully saturated rings. The molecule has 0 spiro atoms. The first kappa shape index (κ1) is 23.8. The van der Waals surface area contributed by atoms with Gasteiger partial charge in [0.15, 0.2) is 6.23 Å². The average molecular weight is 462 g/mol. The van der Waals surface area contributed by atoms with Crippen LogP contribution in [-0.4, -0.2) is 71.4 Å². The molecule has 31 heavy (non-hydrogen) atoms. The van der Waals surface area contributed by atoms with Gasteiger partial charge in [-0.25, -0.2) is 14.4 Å². The Labute approximate surface area is 178 Å². The van der Waals surface area contributed by atoms with Crippen molar-refractivity contribution in [1.82, 2.24) is 14.6 Å². The summed E-state index contributed by atoms with van der Waals surface area (Å²) >= 11 is 0. The second kappa shape index (κ2) is 9.33. The van der Waals surface area contributed by atoms with Gasteiger partial charge in [0.25, 0.3) is 0 Å². The van der Waals surface area contributed by atoms with E-state index in [4.69, 9.17) is 29.0 Å². The highest BCUT2D eigenvalue weighted by molar-refractivity contribution is 7.51. The minimum atomic E-state index is -3.99. The molecule has 2 aliphatic rings. The molecule has 0 radical (unpaired) electrons. The molecule has 2 saturated heterocycles. The molecule has 0 amide bonds. The van der Waals surface area contributed by atoms with Gasteiger partial charge in [-0.1, -0.05) is 0 Å². The van der Waals surface area contributed by atoms with Crippen LogP contribution in [0.5, 0.6) is 0 Å². The number of ether oxygens (including phenoxy) is 3. The zero-order valence-corrected chi connectivity index (χ0v) is 18.3. The van der Waals surface area contributed by atoms with Crippen LogP contribution in [0.1, 0.15) is 26.5 Å². The second-order valence-corrected chi connectivity index (χ2v) is 9.20. The number of carbonyl (C=O) groups is 1. The van der Waals surface area contributed by atoms with E-state index in [2.05, 4.69) is 10.1 Å². The van der Waals surface area contributed by atoms with Crippen LogP contribution in [0, 0.1) is 0 Å². The maximum absolute atomic E-state index is 13.1.